The Balaban J connectivity index is 1.48. The van der Waals surface area contributed by atoms with Gasteiger partial charge in [0.25, 0.3) is 0 Å². The average Bonchev–Trinajstić information content (AvgIpc) is 3.24. The third-order valence-corrected chi connectivity index (χ3v) is 7.96. The van der Waals surface area contributed by atoms with E-state index in [0.29, 0.717) is 23.5 Å². The Kier molecular flexibility index (Phi) is 4.16. The standard InChI is InChI=1S/C24H30N2O2/c1-3-26-17(9-11-25-26)12-16-14-22-21-6-4-15-13-18(27)5-7-19(15)20(21)8-10-24(22,2)23(16)28/h5,7,9,11-13,20-23,27-28H,3-4,6,8,10,14H2,1-2H3/b16-12+/t20-,21+,22-,23+,24-/m0/s1. The summed E-state index contributed by atoms with van der Waals surface area (Å²) in [7, 11) is 0. The number of phenols is 1. The van der Waals surface area contributed by atoms with Gasteiger partial charge in [-0.3, -0.25) is 4.68 Å². The second-order valence-corrected chi connectivity index (χ2v) is 9.24. The zero-order chi connectivity index (χ0) is 19.5. The van der Waals surface area contributed by atoms with E-state index < -0.39 is 0 Å². The van der Waals surface area contributed by atoms with Crippen LogP contribution in [0.5, 0.6) is 5.75 Å². The van der Waals surface area contributed by atoms with Crippen LogP contribution in [0.2, 0.25) is 0 Å². The third-order valence-electron chi connectivity index (χ3n) is 7.96. The SMILES string of the molecule is CCn1nccc1/C=C1\C[C@H]2[C@@H]3CCc4cc(O)ccc4[C@@H]3CC[C@]2(C)[C@@H]1O. The highest BCUT2D eigenvalue weighted by Crippen LogP contribution is 2.62. The van der Waals surface area contributed by atoms with Gasteiger partial charge in [0.05, 0.1) is 11.8 Å². The van der Waals surface area contributed by atoms with Gasteiger partial charge in [0.15, 0.2) is 0 Å². The van der Waals surface area contributed by atoms with Crippen molar-refractivity contribution in [2.75, 3.05) is 0 Å². The molecule has 5 rings (SSSR count). The van der Waals surface area contributed by atoms with Crippen LogP contribution in [0.1, 0.15) is 62.3 Å². The first-order valence-electron chi connectivity index (χ1n) is 10.7. The van der Waals surface area contributed by atoms with Gasteiger partial charge in [-0.2, -0.15) is 5.10 Å². The van der Waals surface area contributed by atoms with Gasteiger partial charge in [0.1, 0.15) is 5.75 Å². The van der Waals surface area contributed by atoms with Crippen molar-refractivity contribution in [2.24, 2.45) is 17.3 Å². The van der Waals surface area contributed by atoms with Crippen LogP contribution in [-0.4, -0.2) is 26.1 Å². The zero-order valence-corrected chi connectivity index (χ0v) is 16.8. The lowest BCUT2D eigenvalue weighted by atomic mass is 9.55. The minimum atomic E-state index is -0.361. The number of aromatic nitrogens is 2. The molecule has 0 unspecified atom stereocenters. The first-order chi connectivity index (χ1) is 13.5. The third kappa shape index (κ3) is 2.57. The van der Waals surface area contributed by atoms with Crippen molar-refractivity contribution in [2.45, 2.75) is 64.5 Å². The summed E-state index contributed by atoms with van der Waals surface area (Å²) in [4.78, 5) is 0. The molecule has 0 bridgehead atoms. The number of aryl methyl sites for hydroxylation is 2. The lowest BCUT2D eigenvalue weighted by Gasteiger charge is -2.49. The number of phenolic OH excluding ortho intramolecular Hbond substituents is 1. The molecule has 1 aromatic heterocycles. The Hall–Kier alpha value is -2.07. The Morgan fingerprint density at radius 3 is 2.96 bits per heavy atom. The van der Waals surface area contributed by atoms with Gasteiger partial charge < -0.3 is 10.2 Å². The summed E-state index contributed by atoms with van der Waals surface area (Å²) < 4.78 is 2.00. The second kappa shape index (κ2) is 6.48. The van der Waals surface area contributed by atoms with Crippen molar-refractivity contribution in [3.8, 4) is 5.75 Å². The first-order valence-corrected chi connectivity index (χ1v) is 10.7. The van der Waals surface area contributed by atoms with Crippen LogP contribution in [0.25, 0.3) is 6.08 Å². The lowest BCUT2D eigenvalue weighted by Crippen LogP contribution is -2.44. The van der Waals surface area contributed by atoms with Crippen molar-refractivity contribution in [3.63, 3.8) is 0 Å². The quantitative estimate of drug-likeness (QED) is 0.808. The molecule has 4 nitrogen and oxygen atoms in total. The number of hydrogen-bond donors (Lipinski definition) is 2. The van der Waals surface area contributed by atoms with Crippen LogP contribution >= 0.6 is 0 Å². The van der Waals surface area contributed by atoms with Crippen LogP contribution in [0.4, 0.5) is 0 Å². The van der Waals surface area contributed by atoms with Gasteiger partial charge in [-0.1, -0.05) is 13.0 Å². The molecule has 1 heterocycles. The fourth-order valence-corrected chi connectivity index (χ4v) is 6.49. The molecule has 2 N–H and O–H groups in total. The summed E-state index contributed by atoms with van der Waals surface area (Å²) >= 11 is 0. The van der Waals surface area contributed by atoms with Crippen LogP contribution < -0.4 is 0 Å². The van der Waals surface area contributed by atoms with E-state index in [1.807, 2.05) is 29.1 Å². The number of aliphatic hydroxyl groups is 1. The molecule has 0 radical (unpaired) electrons. The molecule has 2 fully saturated rings. The molecule has 2 aromatic rings. The Morgan fingerprint density at radius 1 is 1.29 bits per heavy atom. The summed E-state index contributed by atoms with van der Waals surface area (Å²) in [5.41, 5.74) is 5.01. The zero-order valence-electron chi connectivity index (χ0n) is 16.8. The second-order valence-electron chi connectivity index (χ2n) is 9.24. The highest BCUT2D eigenvalue weighted by atomic mass is 16.3. The molecule has 5 atom stereocenters. The normalized spacial score (nSPS) is 35.5. The van der Waals surface area contributed by atoms with Crippen molar-refractivity contribution in [3.05, 3.63) is 52.9 Å². The largest absolute Gasteiger partial charge is 0.508 e. The maximum Gasteiger partial charge on any atom is 0.115 e. The van der Waals surface area contributed by atoms with Gasteiger partial charge in [-0.15, -0.1) is 0 Å². The highest BCUT2D eigenvalue weighted by molar-refractivity contribution is 5.53. The van der Waals surface area contributed by atoms with E-state index in [1.54, 1.807) is 0 Å². The minimum Gasteiger partial charge on any atom is -0.508 e. The van der Waals surface area contributed by atoms with E-state index >= 15 is 0 Å². The molecule has 3 aliphatic carbocycles. The molecule has 0 aliphatic heterocycles. The molecular weight excluding hydrogens is 348 g/mol. The molecule has 148 valence electrons. The number of nitrogens with zero attached hydrogens (tertiary/aromatic N) is 2. The first kappa shape index (κ1) is 18.0. The monoisotopic (exact) mass is 378 g/mol. The maximum absolute atomic E-state index is 11.3. The molecule has 0 saturated heterocycles. The van der Waals surface area contributed by atoms with E-state index in [4.69, 9.17) is 0 Å². The van der Waals surface area contributed by atoms with Gasteiger partial charge in [-0.25, -0.2) is 0 Å². The predicted molar refractivity (Wildman–Crippen MR) is 110 cm³/mol. The van der Waals surface area contributed by atoms with Gasteiger partial charge >= 0.3 is 0 Å². The van der Waals surface area contributed by atoms with Gasteiger partial charge in [0.2, 0.25) is 0 Å². The molecule has 0 amide bonds. The highest BCUT2D eigenvalue weighted by Gasteiger charge is 2.56. The number of benzene rings is 1. The van der Waals surface area contributed by atoms with Crippen LogP contribution in [-0.2, 0) is 13.0 Å². The summed E-state index contributed by atoms with van der Waals surface area (Å²) in [6.45, 7) is 5.25. The number of rotatable bonds is 2. The average molecular weight is 379 g/mol. The molecular formula is C24H30N2O2. The smallest absolute Gasteiger partial charge is 0.115 e. The van der Waals surface area contributed by atoms with Crippen molar-refractivity contribution in [1.29, 1.82) is 0 Å². The Bertz CT molecular complexity index is 930. The molecule has 2 saturated carbocycles. The Morgan fingerprint density at radius 2 is 2.14 bits per heavy atom. The molecule has 3 aliphatic rings. The van der Waals surface area contributed by atoms with Crippen LogP contribution in [0.3, 0.4) is 0 Å². The number of fused-ring (bicyclic) bond motifs is 5. The van der Waals surface area contributed by atoms with Crippen molar-refractivity contribution >= 4 is 6.08 Å². The fourth-order valence-electron chi connectivity index (χ4n) is 6.49. The van der Waals surface area contributed by atoms with E-state index in [9.17, 15) is 10.2 Å². The topological polar surface area (TPSA) is 58.3 Å². The summed E-state index contributed by atoms with van der Waals surface area (Å²) in [5.74, 6) is 2.09. The van der Waals surface area contributed by atoms with Gasteiger partial charge in [-0.05, 0) is 97.8 Å². The summed E-state index contributed by atoms with van der Waals surface area (Å²) in [6, 6.07) is 7.99. The van der Waals surface area contributed by atoms with E-state index in [0.717, 1.165) is 44.3 Å². The Labute approximate surface area is 166 Å². The van der Waals surface area contributed by atoms with E-state index in [-0.39, 0.29) is 11.5 Å². The number of aliphatic hydroxyl groups excluding tert-OH is 1. The molecule has 0 spiro atoms. The summed E-state index contributed by atoms with van der Waals surface area (Å²) in [5, 5.41) is 25.5. The van der Waals surface area contributed by atoms with Crippen molar-refractivity contribution < 1.29 is 10.2 Å². The van der Waals surface area contributed by atoms with E-state index in [2.05, 4.69) is 31.1 Å². The minimum absolute atomic E-state index is 0.0293. The number of hydrogen-bond acceptors (Lipinski definition) is 3. The van der Waals surface area contributed by atoms with Crippen LogP contribution in [0, 0.1) is 17.3 Å². The lowest BCUT2D eigenvalue weighted by molar-refractivity contribution is -0.0158. The maximum atomic E-state index is 11.3. The summed E-state index contributed by atoms with van der Waals surface area (Å²) in [6.07, 6.45) is 9.05. The fraction of sp³-hybridized carbons (Fsp3) is 0.542. The van der Waals surface area contributed by atoms with E-state index in [1.165, 1.54) is 16.7 Å². The predicted octanol–water partition coefficient (Wildman–Crippen LogP) is 4.52. The number of aromatic hydroxyl groups is 1. The van der Waals surface area contributed by atoms with Gasteiger partial charge in [0, 0.05) is 18.2 Å². The molecule has 28 heavy (non-hydrogen) atoms. The van der Waals surface area contributed by atoms with Crippen molar-refractivity contribution in [1.82, 2.24) is 9.78 Å². The van der Waals surface area contributed by atoms with Crippen LogP contribution in [0.15, 0.2) is 36.0 Å². The molecule has 1 aromatic carbocycles. The molecule has 4 heteroatoms.